The van der Waals surface area contributed by atoms with Gasteiger partial charge in [-0.2, -0.15) is 0 Å². The molecule has 0 spiro atoms. The first kappa shape index (κ1) is 14.2. The van der Waals surface area contributed by atoms with Gasteiger partial charge in [0.2, 0.25) is 0 Å². The van der Waals surface area contributed by atoms with Crippen LogP contribution in [0.15, 0.2) is 24.3 Å². The third kappa shape index (κ3) is 4.20. The molecular weight excluding hydrogens is 232 g/mol. The molecule has 1 aromatic rings. The summed E-state index contributed by atoms with van der Waals surface area (Å²) < 4.78 is 0. The van der Waals surface area contributed by atoms with Crippen molar-refractivity contribution >= 4 is 11.9 Å². The highest BCUT2D eigenvalue weighted by Crippen LogP contribution is 2.42. The van der Waals surface area contributed by atoms with Gasteiger partial charge < -0.3 is 10.2 Å². The average molecular weight is 250 g/mol. The van der Waals surface area contributed by atoms with Crippen molar-refractivity contribution in [2.24, 2.45) is 0 Å². The fraction of sp³-hybridized carbons (Fsp3) is 0.429. The first-order valence-corrected chi connectivity index (χ1v) is 6.11. The minimum Gasteiger partial charge on any atom is -0.481 e. The Bertz CT molecular complexity index is 403. The maximum atomic E-state index is 10.4. The molecule has 1 aliphatic rings. The van der Waals surface area contributed by atoms with Crippen molar-refractivity contribution in [1.82, 2.24) is 0 Å². The predicted octanol–water partition coefficient (Wildman–Crippen LogP) is 2.87. The summed E-state index contributed by atoms with van der Waals surface area (Å²) in [6, 6.07) is 7.44. The van der Waals surface area contributed by atoms with E-state index < -0.39 is 11.9 Å². The second kappa shape index (κ2) is 6.79. The third-order valence-corrected chi connectivity index (χ3v) is 2.78. The molecule has 0 saturated carbocycles. The number of unbranched alkanes of at least 4 members (excludes halogenated alkanes) is 2. The smallest absolute Gasteiger partial charge is 0.315 e. The van der Waals surface area contributed by atoms with E-state index in [1.807, 2.05) is 24.3 Å². The highest BCUT2D eigenvalue weighted by molar-refractivity contribution is 5.88. The van der Waals surface area contributed by atoms with Gasteiger partial charge in [0.25, 0.3) is 0 Å². The lowest BCUT2D eigenvalue weighted by Gasteiger charge is -1.89. The minimum absolute atomic E-state index is 0.296. The van der Waals surface area contributed by atoms with E-state index in [4.69, 9.17) is 10.2 Å². The van der Waals surface area contributed by atoms with Gasteiger partial charge in [-0.3, -0.25) is 9.59 Å². The van der Waals surface area contributed by atoms with Gasteiger partial charge in [0.1, 0.15) is 5.92 Å². The van der Waals surface area contributed by atoms with Gasteiger partial charge in [-0.15, -0.1) is 0 Å². The SMILES string of the molecule is CCCCCC(=O)O.O=C(O)C1c2ccccc21. The van der Waals surface area contributed by atoms with Crippen LogP contribution in [0.3, 0.4) is 0 Å². The van der Waals surface area contributed by atoms with Gasteiger partial charge in [-0.1, -0.05) is 44.0 Å². The van der Waals surface area contributed by atoms with Crippen molar-refractivity contribution in [3.63, 3.8) is 0 Å². The zero-order valence-electron chi connectivity index (χ0n) is 10.4. The van der Waals surface area contributed by atoms with E-state index in [-0.39, 0.29) is 5.92 Å². The Balaban J connectivity index is 0.000000187. The Morgan fingerprint density at radius 3 is 2.06 bits per heavy atom. The molecule has 2 rings (SSSR count). The van der Waals surface area contributed by atoms with Crippen LogP contribution in [0.4, 0.5) is 0 Å². The molecule has 98 valence electrons. The van der Waals surface area contributed by atoms with Crippen molar-refractivity contribution in [1.29, 1.82) is 0 Å². The number of carboxylic acids is 2. The molecule has 0 atom stereocenters. The number of fused-ring (bicyclic) bond motifs is 1. The number of benzene rings is 1. The van der Waals surface area contributed by atoms with Crippen LogP contribution in [0.1, 0.15) is 49.7 Å². The molecule has 0 radical (unpaired) electrons. The van der Waals surface area contributed by atoms with Crippen LogP contribution >= 0.6 is 0 Å². The molecule has 0 aromatic heterocycles. The second-order valence-corrected chi connectivity index (χ2v) is 4.25. The summed E-state index contributed by atoms with van der Waals surface area (Å²) in [4.78, 5) is 20.3. The number of carboxylic acid groups (broad SMARTS) is 2. The molecule has 0 saturated heterocycles. The largest absolute Gasteiger partial charge is 0.481 e. The van der Waals surface area contributed by atoms with Gasteiger partial charge in [0, 0.05) is 6.42 Å². The Kier molecular flexibility index (Phi) is 5.36. The molecular formula is C14H18O4. The van der Waals surface area contributed by atoms with Gasteiger partial charge in [0.15, 0.2) is 0 Å². The molecule has 0 fully saturated rings. The normalized spacial score (nSPS) is 12.1. The van der Waals surface area contributed by atoms with Gasteiger partial charge in [-0.25, -0.2) is 0 Å². The fourth-order valence-corrected chi connectivity index (χ4v) is 1.75. The summed E-state index contributed by atoms with van der Waals surface area (Å²) in [7, 11) is 0. The lowest BCUT2D eigenvalue weighted by molar-refractivity contribution is -0.137. The first-order chi connectivity index (χ1) is 8.57. The van der Waals surface area contributed by atoms with Crippen LogP contribution in [0.2, 0.25) is 0 Å². The maximum Gasteiger partial charge on any atom is 0.315 e. The summed E-state index contributed by atoms with van der Waals surface area (Å²) in [5.41, 5.74) is 1.94. The van der Waals surface area contributed by atoms with Crippen molar-refractivity contribution in [2.75, 3.05) is 0 Å². The molecule has 0 aliphatic heterocycles. The van der Waals surface area contributed by atoms with E-state index in [9.17, 15) is 9.59 Å². The highest BCUT2D eigenvalue weighted by Gasteiger charge is 2.37. The molecule has 1 aromatic carbocycles. The highest BCUT2D eigenvalue weighted by atomic mass is 16.4. The average Bonchev–Trinajstić information content (AvgIpc) is 3.04. The lowest BCUT2D eigenvalue weighted by atomic mass is 10.2. The number of hydrogen-bond donors (Lipinski definition) is 2. The summed E-state index contributed by atoms with van der Waals surface area (Å²) in [5.74, 6) is -1.71. The number of hydrogen-bond acceptors (Lipinski definition) is 2. The van der Waals surface area contributed by atoms with Crippen LogP contribution in [0.5, 0.6) is 0 Å². The van der Waals surface area contributed by atoms with Crippen molar-refractivity contribution in [3.05, 3.63) is 35.4 Å². The van der Waals surface area contributed by atoms with Crippen LogP contribution in [0, 0.1) is 0 Å². The fourth-order valence-electron chi connectivity index (χ4n) is 1.75. The summed E-state index contributed by atoms with van der Waals surface area (Å²) in [6.45, 7) is 2.06. The van der Waals surface area contributed by atoms with Crippen LogP contribution in [-0.2, 0) is 9.59 Å². The Morgan fingerprint density at radius 1 is 1.11 bits per heavy atom. The van der Waals surface area contributed by atoms with E-state index in [0.29, 0.717) is 6.42 Å². The first-order valence-electron chi connectivity index (χ1n) is 6.11. The summed E-state index contributed by atoms with van der Waals surface area (Å²) in [6.07, 6.45) is 3.28. The number of rotatable bonds is 5. The van der Waals surface area contributed by atoms with Crippen molar-refractivity contribution in [2.45, 2.75) is 38.5 Å². The standard InChI is InChI=1S/C8H6O2.C6H12O2/c9-8(10)7-5-3-1-2-4-6(5)7;1-2-3-4-5-6(7)8/h1-4,7H,(H,9,10);2-5H2,1H3,(H,7,8). The van der Waals surface area contributed by atoms with Gasteiger partial charge in [0.05, 0.1) is 0 Å². The monoisotopic (exact) mass is 250 g/mol. The van der Waals surface area contributed by atoms with Gasteiger partial charge >= 0.3 is 11.9 Å². The molecule has 18 heavy (non-hydrogen) atoms. The van der Waals surface area contributed by atoms with E-state index in [2.05, 4.69) is 6.92 Å². The summed E-state index contributed by atoms with van der Waals surface area (Å²) >= 11 is 0. The van der Waals surface area contributed by atoms with Crippen molar-refractivity contribution in [3.8, 4) is 0 Å². The Morgan fingerprint density at radius 2 is 1.67 bits per heavy atom. The minimum atomic E-state index is -0.735. The van der Waals surface area contributed by atoms with E-state index in [1.54, 1.807) is 0 Å². The molecule has 0 bridgehead atoms. The van der Waals surface area contributed by atoms with E-state index in [0.717, 1.165) is 30.4 Å². The topological polar surface area (TPSA) is 74.6 Å². The molecule has 0 amide bonds. The molecule has 1 aliphatic carbocycles. The molecule has 2 N–H and O–H groups in total. The van der Waals surface area contributed by atoms with Gasteiger partial charge in [-0.05, 0) is 17.5 Å². The predicted molar refractivity (Wildman–Crippen MR) is 67.7 cm³/mol. The number of aliphatic carboxylic acids is 2. The molecule has 4 heteroatoms. The maximum absolute atomic E-state index is 10.4. The second-order valence-electron chi connectivity index (χ2n) is 4.25. The summed E-state index contributed by atoms with van der Waals surface area (Å²) in [5, 5.41) is 16.7. The zero-order valence-corrected chi connectivity index (χ0v) is 10.4. The van der Waals surface area contributed by atoms with Crippen LogP contribution in [0.25, 0.3) is 0 Å². The lowest BCUT2D eigenvalue weighted by Crippen LogP contribution is -1.94. The zero-order chi connectivity index (χ0) is 13.5. The van der Waals surface area contributed by atoms with Crippen LogP contribution in [-0.4, -0.2) is 22.2 Å². The quantitative estimate of drug-likeness (QED) is 0.788. The number of carbonyl (C=O) groups is 2. The Labute approximate surface area is 106 Å². The molecule has 0 heterocycles. The molecule has 0 unspecified atom stereocenters. The van der Waals surface area contributed by atoms with E-state index in [1.165, 1.54) is 0 Å². The Hall–Kier alpha value is -1.84. The van der Waals surface area contributed by atoms with Crippen LogP contribution < -0.4 is 0 Å². The molecule has 4 nitrogen and oxygen atoms in total. The van der Waals surface area contributed by atoms with Crippen molar-refractivity contribution < 1.29 is 19.8 Å². The van der Waals surface area contributed by atoms with E-state index >= 15 is 0 Å². The third-order valence-electron chi connectivity index (χ3n) is 2.78.